The molecular weight excluding hydrogens is 1330 g/mol. The molecule has 0 spiro atoms. The van der Waals surface area contributed by atoms with E-state index in [1.54, 1.807) is 0 Å². The van der Waals surface area contributed by atoms with E-state index in [9.17, 15) is 24.0 Å². The molecule has 0 amide bonds. The number of ether oxygens (including phenoxy) is 14. The molecule has 2 aliphatic heterocycles. The number of nitrogens with one attached hydrogen (secondary N) is 3. The third kappa shape index (κ3) is 40.4. The summed E-state index contributed by atoms with van der Waals surface area (Å²) in [6.45, 7) is 37.2. The molecular formula is C76H134N8O19. The van der Waals surface area contributed by atoms with Crippen molar-refractivity contribution in [3.05, 3.63) is 59.7 Å². The van der Waals surface area contributed by atoms with Crippen molar-refractivity contribution in [3.8, 4) is 11.5 Å². The van der Waals surface area contributed by atoms with E-state index >= 15 is 0 Å². The van der Waals surface area contributed by atoms with Gasteiger partial charge in [-0.1, -0.05) is 24.3 Å². The number of hydrogen-bond donors (Lipinski definition) is 3. The minimum Gasteiger partial charge on any atom is -0.491 e. The third-order valence-corrected chi connectivity index (χ3v) is 17.3. The highest BCUT2D eigenvalue weighted by Gasteiger charge is 2.36. The summed E-state index contributed by atoms with van der Waals surface area (Å²) in [5.74, 6) is -0.00850. The Hall–Kier alpha value is -5.21. The zero-order valence-corrected chi connectivity index (χ0v) is 65.7. The second kappa shape index (κ2) is 52.7. The molecule has 0 aromatic heterocycles. The molecule has 592 valence electrons. The number of carbonyl (C=O) groups is 5. The van der Waals surface area contributed by atoms with Gasteiger partial charge in [-0.3, -0.25) is 48.5 Å². The van der Waals surface area contributed by atoms with Gasteiger partial charge in [-0.2, -0.15) is 0 Å². The number of nitrogens with zero attached hydrogens (tertiary/aromatic N) is 5. The molecule has 3 N–H and O–H groups in total. The first-order valence-electron chi connectivity index (χ1n) is 37.2. The summed E-state index contributed by atoms with van der Waals surface area (Å²) in [4.78, 5) is 76.1. The van der Waals surface area contributed by atoms with Gasteiger partial charge in [0.2, 0.25) is 0 Å². The molecule has 0 saturated carbocycles. The summed E-state index contributed by atoms with van der Waals surface area (Å²) in [5, 5.41) is 10.5. The molecule has 0 radical (unpaired) electrons. The second-order valence-electron chi connectivity index (χ2n) is 28.3. The Bertz CT molecular complexity index is 2560. The molecule has 2 saturated heterocycles. The maximum absolute atomic E-state index is 13.4. The number of hydrogen-bond acceptors (Lipinski definition) is 27. The van der Waals surface area contributed by atoms with Crippen LogP contribution < -0.4 is 25.4 Å². The Labute approximate surface area is 617 Å². The molecule has 5 atom stereocenters. The SMILES string of the molecule is CCOCCOCCOc1ccc(CCC[C@@H](C(=O)OC)N2CCNCCN([C@H](COC(C)(C)C)C(=O)OC)CCN([C@@H](COC(C)(C)C)C(=O)OC)CC2)cc1.CCOCCOCCOc1ccc(CCC[C@@H](C(=O)OC)N2CCNCCN([C@H](COC(C)(C)C)C(=O)OC)CCNCC2)cc1. The number of aryl methyl sites for hydroxylation is 2. The topological polar surface area (TPSA) is 267 Å². The smallest absolute Gasteiger partial charge is 0.325 e. The monoisotopic (exact) mass is 1460 g/mol. The van der Waals surface area contributed by atoms with Crippen LogP contribution in [-0.4, -0.2) is 328 Å². The van der Waals surface area contributed by atoms with Gasteiger partial charge in [0, 0.05) is 118 Å². The number of carbonyl (C=O) groups excluding carboxylic acids is 5. The molecule has 2 aromatic carbocycles. The van der Waals surface area contributed by atoms with E-state index in [2.05, 4.69) is 42.8 Å². The maximum Gasteiger partial charge on any atom is 0.325 e. The molecule has 0 bridgehead atoms. The fourth-order valence-electron chi connectivity index (χ4n) is 11.5. The lowest BCUT2D eigenvalue weighted by molar-refractivity contribution is -0.155. The van der Waals surface area contributed by atoms with Crippen LogP contribution in [0.4, 0.5) is 0 Å². The van der Waals surface area contributed by atoms with Crippen LogP contribution >= 0.6 is 0 Å². The van der Waals surface area contributed by atoms with Crippen LogP contribution in [-0.2, 0) is 93.7 Å². The highest BCUT2D eigenvalue weighted by Crippen LogP contribution is 2.21. The van der Waals surface area contributed by atoms with E-state index in [0.29, 0.717) is 184 Å². The third-order valence-electron chi connectivity index (χ3n) is 17.3. The van der Waals surface area contributed by atoms with E-state index in [0.717, 1.165) is 42.7 Å². The molecule has 2 aliphatic rings. The molecule has 4 rings (SSSR count). The van der Waals surface area contributed by atoms with Crippen molar-refractivity contribution in [2.24, 2.45) is 0 Å². The standard InChI is InChI=1S/C42H74N4O11.C34H60N4O8/c1-11-53-27-28-54-29-30-55-34-17-15-33(16-18-34)13-12-14-35(38(47)50-8)44-21-19-43-20-22-45(36(39(48)51-9)31-56-41(2,3)4)24-26-46(25-23-44)37(40(49)52-10)32-57-42(5,6)7;1-7-43-23-24-44-25-26-45-29-13-11-28(12-14-29)9-8-10-30(32(39)41-5)37-19-15-35-17-21-38(22-18-36-16-20-37)31(33(40)42-6)27-46-34(2,3)4/h15-18,35-37,43H,11-14,19-32H2,1-10H3;11-14,30-31,35-36H,7-10,15-27H2,1-6H3/t35-,36+,37-;30-,31+/m00/s1. The highest BCUT2D eigenvalue weighted by atomic mass is 16.6. The summed E-state index contributed by atoms with van der Waals surface area (Å²) >= 11 is 0. The first-order valence-corrected chi connectivity index (χ1v) is 37.2. The van der Waals surface area contributed by atoms with Crippen molar-refractivity contribution in [1.29, 1.82) is 0 Å². The van der Waals surface area contributed by atoms with Crippen molar-refractivity contribution in [2.45, 2.75) is 162 Å². The zero-order valence-electron chi connectivity index (χ0n) is 65.7. The van der Waals surface area contributed by atoms with Gasteiger partial charge in [0.05, 0.1) is 112 Å². The number of esters is 5. The minimum atomic E-state index is -0.724. The molecule has 0 unspecified atom stereocenters. The van der Waals surface area contributed by atoms with Crippen molar-refractivity contribution in [1.82, 2.24) is 40.4 Å². The van der Waals surface area contributed by atoms with Gasteiger partial charge in [0.1, 0.15) is 54.9 Å². The first kappa shape index (κ1) is 92.0. The zero-order chi connectivity index (χ0) is 75.9. The van der Waals surface area contributed by atoms with Gasteiger partial charge in [-0.05, 0) is 150 Å². The van der Waals surface area contributed by atoms with E-state index in [1.165, 1.54) is 41.1 Å². The normalized spacial score (nSPS) is 17.4. The quantitative estimate of drug-likeness (QED) is 0.0432. The average molecular weight is 1460 g/mol. The molecule has 2 heterocycles. The van der Waals surface area contributed by atoms with Crippen LogP contribution in [0.3, 0.4) is 0 Å². The number of rotatable bonds is 40. The van der Waals surface area contributed by atoms with Crippen LogP contribution in [0, 0.1) is 0 Å². The van der Waals surface area contributed by atoms with E-state index < -0.39 is 41.3 Å². The van der Waals surface area contributed by atoms with Crippen LogP contribution in [0.5, 0.6) is 11.5 Å². The van der Waals surface area contributed by atoms with Gasteiger partial charge in [0.15, 0.2) is 0 Å². The largest absolute Gasteiger partial charge is 0.491 e. The first-order chi connectivity index (χ1) is 49.3. The minimum absolute atomic E-state index is 0.109. The Morgan fingerprint density at radius 2 is 0.592 bits per heavy atom. The summed E-state index contributed by atoms with van der Waals surface area (Å²) in [6.07, 6.45) is 4.52. The lowest BCUT2D eigenvalue weighted by Crippen LogP contribution is -2.56. The van der Waals surface area contributed by atoms with E-state index in [4.69, 9.17) is 66.3 Å². The van der Waals surface area contributed by atoms with Crippen LogP contribution in [0.1, 0.15) is 113 Å². The number of benzene rings is 2. The molecule has 27 nitrogen and oxygen atoms in total. The van der Waals surface area contributed by atoms with Gasteiger partial charge < -0.3 is 82.3 Å². The molecule has 27 heteroatoms. The summed E-state index contributed by atoms with van der Waals surface area (Å²) in [6, 6.07) is 13.4. The van der Waals surface area contributed by atoms with E-state index in [-0.39, 0.29) is 55.3 Å². The average Bonchev–Trinajstić information content (AvgIpc) is 0.854. The van der Waals surface area contributed by atoms with Crippen LogP contribution in [0.15, 0.2) is 48.5 Å². The molecule has 2 aromatic rings. The van der Waals surface area contributed by atoms with Crippen molar-refractivity contribution in [3.63, 3.8) is 0 Å². The molecule has 103 heavy (non-hydrogen) atoms. The van der Waals surface area contributed by atoms with Crippen molar-refractivity contribution >= 4 is 29.8 Å². The Morgan fingerprint density at radius 1 is 0.350 bits per heavy atom. The van der Waals surface area contributed by atoms with Crippen LogP contribution in [0.25, 0.3) is 0 Å². The second-order valence-corrected chi connectivity index (χ2v) is 28.3. The van der Waals surface area contributed by atoms with Crippen molar-refractivity contribution in [2.75, 3.05) is 226 Å². The Balaban J connectivity index is 0.000000547. The molecule has 0 aliphatic carbocycles. The van der Waals surface area contributed by atoms with Crippen LogP contribution in [0.2, 0.25) is 0 Å². The summed E-state index contributed by atoms with van der Waals surface area (Å²) in [5.41, 5.74) is 1.04. The fraction of sp³-hybridized carbons (Fsp3) is 0.776. The van der Waals surface area contributed by atoms with Gasteiger partial charge >= 0.3 is 29.8 Å². The van der Waals surface area contributed by atoms with Gasteiger partial charge in [-0.15, -0.1) is 0 Å². The van der Waals surface area contributed by atoms with Crippen molar-refractivity contribution < 1.29 is 90.3 Å². The lowest BCUT2D eigenvalue weighted by Gasteiger charge is -2.38. The van der Waals surface area contributed by atoms with Gasteiger partial charge in [-0.25, -0.2) is 0 Å². The van der Waals surface area contributed by atoms with E-state index in [1.807, 2.05) is 122 Å². The number of methoxy groups -OCH3 is 5. The predicted molar refractivity (Wildman–Crippen MR) is 397 cm³/mol. The van der Waals surface area contributed by atoms with Gasteiger partial charge in [0.25, 0.3) is 0 Å². The predicted octanol–water partition coefficient (Wildman–Crippen LogP) is 5.34. The fourth-order valence-corrected chi connectivity index (χ4v) is 11.5. The maximum atomic E-state index is 13.4. The summed E-state index contributed by atoms with van der Waals surface area (Å²) in [7, 11) is 7.06. The summed E-state index contributed by atoms with van der Waals surface area (Å²) < 4.78 is 77.6. The Morgan fingerprint density at radius 3 is 0.874 bits per heavy atom. The Kier molecular flexibility index (Phi) is 47.1. The molecule has 2 fully saturated rings. The highest BCUT2D eigenvalue weighted by molar-refractivity contribution is 5.77. The lowest BCUT2D eigenvalue weighted by atomic mass is 10.0.